The number of benzene rings is 3. The number of nitrogens with two attached hydrogens (primary N) is 1. The zero-order valence-corrected chi connectivity index (χ0v) is 24.1. The Morgan fingerprint density at radius 1 is 0.925 bits per heavy atom. The predicted molar refractivity (Wildman–Crippen MR) is 162 cm³/mol. The van der Waals surface area contributed by atoms with Crippen molar-refractivity contribution in [1.29, 1.82) is 0 Å². The molecule has 0 bridgehead atoms. The molecule has 7 nitrogen and oxygen atoms in total. The Kier molecular flexibility index (Phi) is 8.64. The average molecular weight is 557 g/mol. The van der Waals surface area contributed by atoms with Crippen LogP contribution in [0.5, 0.6) is 0 Å². The standard InChI is InChI=1S/C32H37ClN6O/c1-21(2)29(31(34)40)37-32-26-6-4-5-7-27(26)35-28(36-32)20-38-16-18-39(19-17-38)30(23-10-8-22(3)9-11-23)24-12-14-25(33)15-13-24/h4-15,21,29-30H,16-20H2,1-3H3,(H2,34,40)(H,35,36,37)/t29-,30?/m0/s1. The maximum atomic E-state index is 12.1. The van der Waals surface area contributed by atoms with E-state index in [1.807, 2.05) is 50.2 Å². The molecular weight excluding hydrogens is 520 g/mol. The van der Waals surface area contributed by atoms with Gasteiger partial charge >= 0.3 is 0 Å². The second-order valence-electron chi connectivity index (χ2n) is 11.0. The topological polar surface area (TPSA) is 87.4 Å². The SMILES string of the molecule is Cc1ccc(C(c2ccc(Cl)cc2)N2CCN(Cc3nc(N[C@H](C(N)=O)C(C)C)c4ccccc4n3)CC2)cc1. The van der Waals surface area contributed by atoms with Crippen LogP contribution in [0.15, 0.2) is 72.8 Å². The summed E-state index contributed by atoms with van der Waals surface area (Å²) in [5, 5.41) is 4.93. The Bertz CT molecular complexity index is 1400. The van der Waals surface area contributed by atoms with Crippen LogP contribution in [0.3, 0.4) is 0 Å². The fourth-order valence-corrected chi connectivity index (χ4v) is 5.53. The molecule has 1 aliphatic rings. The van der Waals surface area contributed by atoms with Crippen LogP contribution in [0.1, 0.15) is 42.4 Å². The second kappa shape index (κ2) is 12.3. The highest BCUT2D eigenvalue weighted by Gasteiger charge is 2.27. The molecule has 208 valence electrons. The molecule has 2 atom stereocenters. The van der Waals surface area contributed by atoms with Crippen molar-refractivity contribution in [3.05, 3.63) is 100 Å². The van der Waals surface area contributed by atoms with Gasteiger partial charge in [0.2, 0.25) is 5.91 Å². The number of primary amides is 1. The average Bonchev–Trinajstić information content (AvgIpc) is 2.94. The van der Waals surface area contributed by atoms with Gasteiger partial charge in [-0.3, -0.25) is 14.6 Å². The fourth-order valence-electron chi connectivity index (χ4n) is 5.41. The molecule has 0 radical (unpaired) electrons. The molecule has 5 rings (SSSR count). The number of para-hydroxylation sites is 1. The molecule has 40 heavy (non-hydrogen) atoms. The van der Waals surface area contributed by atoms with E-state index in [1.54, 1.807) is 0 Å². The van der Waals surface area contributed by atoms with Crippen LogP contribution in [0.25, 0.3) is 10.9 Å². The first-order valence-corrected chi connectivity index (χ1v) is 14.3. The maximum Gasteiger partial charge on any atom is 0.240 e. The number of fused-ring (bicyclic) bond motifs is 1. The van der Waals surface area contributed by atoms with Gasteiger partial charge in [-0.2, -0.15) is 0 Å². The largest absolute Gasteiger partial charge is 0.368 e. The van der Waals surface area contributed by atoms with Crippen molar-refractivity contribution in [2.24, 2.45) is 11.7 Å². The van der Waals surface area contributed by atoms with E-state index in [0.29, 0.717) is 12.4 Å². The van der Waals surface area contributed by atoms with Gasteiger partial charge in [0.05, 0.1) is 18.1 Å². The zero-order valence-electron chi connectivity index (χ0n) is 23.3. The van der Waals surface area contributed by atoms with Crippen LogP contribution < -0.4 is 11.1 Å². The minimum absolute atomic E-state index is 0.0323. The number of piperazine rings is 1. The lowest BCUT2D eigenvalue weighted by molar-refractivity contribution is -0.119. The maximum absolute atomic E-state index is 12.1. The molecule has 3 aromatic carbocycles. The third-order valence-electron chi connectivity index (χ3n) is 7.63. The Hall–Kier alpha value is -3.52. The first-order valence-electron chi connectivity index (χ1n) is 13.9. The number of halogens is 1. The van der Waals surface area contributed by atoms with Crippen LogP contribution in [0.2, 0.25) is 5.02 Å². The number of hydrogen-bond donors (Lipinski definition) is 2. The van der Waals surface area contributed by atoms with Gasteiger partial charge in [-0.15, -0.1) is 0 Å². The number of anilines is 1. The lowest BCUT2D eigenvalue weighted by Gasteiger charge is -2.39. The molecule has 1 aliphatic heterocycles. The summed E-state index contributed by atoms with van der Waals surface area (Å²) in [6.07, 6.45) is 0. The van der Waals surface area contributed by atoms with Crippen LogP contribution in [-0.2, 0) is 11.3 Å². The lowest BCUT2D eigenvalue weighted by atomic mass is 9.95. The highest BCUT2D eigenvalue weighted by molar-refractivity contribution is 6.30. The number of rotatable bonds is 9. The minimum atomic E-state index is -0.513. The van der Waals surface area contributed by atoms with Crippen molar-refractivity contribution < 1.29 is 4.79 Å². The van der Waals surface area contributed by atoms with E-state index in [1.165, 1.54) is 16.7 Å². The molecule has 0 aliphatic carbocycles. The first kappa shape index (κ1) is 28.0. The molecular formula is C32H37ClN6O. The van der Waals surface area contributed by atoms with Crippen LogP contribution in [0, 0.1) is 12.8 Å². The number of aromatic nitrogens is 2. The third kappa shape index (κ3) is 6.44. The van der Waals surface area contributed by atoms with Gasteiger partial charge in [-0.05, 0) is 48.2 Å². The number of nitrogens with zero attached hydrogens (tertiary/aromatic N) is 4. The molecule has 1 fully saturated rings. The number of carbonyl (C=O) groups excluding carboxylic acids is 1. The lowest BCUT2D eigenvalue weighted by Crippen LogP contribution is -2.47. The van der Waals surface area contributed by atoms with Crippen molar-refractivity contribution in [3.8, 4) is 0 Å². The molecule has 1 amide bonds. The molecule has 4 aromatic rings. The summed E-state index contributed by atoms with van der Waals surface area (Å²) in [5.74, 6) is 1.03. The summed E-state index contributed by atoms with van der Waals surface area (Å²) in [7, 11) is 0. The zero-order chi connectivity index (χ0) is 28.2. The number of nitrogens with one attached hydrogen (secondary N) is 1. The molecule has 0 spiro atoms. The van der Waals surface area contributed by atoms with Gasteiger partial charge in [0.25, 0.3) is 0 Å². The normalized spacial score (nSPS) is 16.2. The van der Waals surface area contributed by atoms with E-state index in [4.69, 9.17) is 27.3 Å². The van der Waals surface area contributed by atoms with E-state index in [0.717, 1.165) is 47.9 Å². The molecule has 1 saturated heterocycles. The van der Waals surface area contributed by atoms with Crippen molar-refractivity contribution in [3.63, 3.8) is 0 Å². The first-order chi connectivity index (χ1) is 19.3. The van der Waals surface area contributed by atoms with Crippen LogP contribution in [0.4, 0.5) is 5.82 Å². The van der Waals surface area contributed by atoms with Crippen molar-refractivity contribution in [1.82, 2.24) is 19.8 Å². The number of amides is 1. The number of carbonyl (C=O) groups is 1. The number of hydrogen-bond acceptors (Lipinski definition) is 6. The summed E-state index contributed by atoms with van der Waals surface area (Å²) in [5.41, 5.74) is 10.3. The molecule has 1 unspecified atom stereocenters. The van der Waals surface area contributed by atoms with Crippen molar-refractivity contribution in [2.75, 3.05) is 31.5 Å². The minimum Gasteiger partial charge on any atom is -0.368 e. The summed E-state index contributed by atoms with van der Waals surface area (Å²) in [6.45, 7) is 10.3. The van der Waals surface area contributed by atoms with E-state index in [-0.39, 0.29) is 17.9 Å². The molecule has 8 heteroatoms. The van der Waals surface area contributed by atoms with Crippen molar-refractivity contribution >= 4 is 34.2 Å². The molecule has 3 N–H and O–H groups in total. The van der Waals surface area contributed by atoms with E-state index in [2.05, 4.69) is 58.4 Å². The van der Waals surface area contributed by atoms with E-state index < -0.39 is 6.04 Å². The van der Waals surface area contributed by atoms with Crippen LogP contribution >= 0.6 is 11.6 Å². The molecule has 1 aromatic heterocycles. The van der Waals surface area contributed by atoms with E-state index in [9.17, 15) is 4.79 Å². The quantitative estimate of drug-likeness (QED) is 0.286. The summed E-state index contributed by atoms with van der Waals surface area (Å²) in [4.78, 5) is 26.8. The van der Waals surface area contributed by atoms with Gasteiger partial charge in [0.15, 0.2) is 0 Å². The fraction of sp³-hybridized carbons (Fsp3) is 0.344. The second-order valence-corrected chi connectivity index (χ2v) is 11.4. The summed E-state index contributed by atoms with van der Waals surface area (Å²) < 4.78 is 0. The Morgan fingerprint density at radius 3 is 2.17 bits per heavy atom. The Balaban J connectivity index is 1.34. The highest BCUT2D eigenvalue weighted by atomic mass is 35.5. The monoisotopic (exact) mass is 556 g/mol. The third-order valence-corrected chi connectivity index (χ3v) is 7.88. The highest BCUT2D eigenvalue weighted by Crippen LogP contribution is 2.31. The van der Waals surface area contributed by atoms with E-state index >= 15 is 0 Å². The summed E-state index contributed by atoms with van der Waals surface area (Å²) in [6, 6.07) is 24.6. The molecule has 0 saturated carbocycles. The summed E-state index contributed by atoms with van der Waals surface area (Å²) >= 11 is 6.21. The van der Waals surface area contributed by atoms with Gasteiger partial charge < -0.3 is 11.1 Å². The smallest absolute Gasteiger partial charge is 0.240 e. The van der Waals surface area contributed by atoms with Gasteiger partial charge in [-0.1, -0.05) is 79.5 Å². The van der Waals surface area contributed by atoms with Gasteiger partial charge in [0, 0.05) is 36.6 Å². The molecule has 2 heterocycles. The van der Waals surface area contributed by atoms with Gasteiger partial charge in [0.1, 0.15) is 17.7 Å². The Morgan fingerprint density at radius 2 is 1.55 bits per heavy atom. The van der Waals surface area contributed by atoms with Crippen LogP contribution in [-0.4, -0.2) is 57.9 Å². The van der Waals surface area contributed by atoms with Crippen molar-refractivity contribution in [2.45, 2.75) is 39.4 Å². The Labute approximate surface area is 241 Å². The number of aryl methyl sites for hydroxylation is 1. The predicted octanol–water partition coefficient (Wildman–Crippen LogP) is 5.42. The van der Waals surface area contributed by atoms with Gasteiger partial charge in [-0.25, -0.2) is 9.97 Å².